The zero-order chi connectivity index (χ0) is 30.9. The number of anilines is 1. The van der Waals surface area contributed by atoms with E-state index in [4.69, 9.17) is 32.7 Å². The molecule has 3 aromatic rings. The molecule has 226 valence electrons. The van der Waals surface area contributed by atoms with E-state index in [0.717, 1.165) is 4.31 Å². The molecule has 3 rings (SSSR count). The van der Waals surface area contributed by atoms with Crippen molar-refractivity contribution in [1.82, 2.24) is 10.2 Å². The Bertz CT molecular complexity index is 1490. The normalized spacial score (nSPS) is 11.9. The first-order chi connectivity index (χ1) is 20.1. The highest BCUT2D eigenvalue weighted by Crippen LogP contribution is 2.34. The lowest BCUT2D eigenvalue weighted by Gasteiger charge is -2.33. The molecule has 0 heterocycles. The average Bonchev–Trinajstić information content (AvgIpc) is 2.99. The maximum absolute atomic E-state index is 14.2. The number of sulfonamides is 1. The van der Waals surface area contributed by atoms with E-state index in [1.165, 1.54) is 43.4 Å². The number of ether oxygens (including phenoxy) is 2. The Morgan fingerprint density at radius 2 is 1.62 bits per heavy atom. The molecule has 0 aromatic heterocycles. The van der Waals surface area contributed by atoms with E-state index >= 15 is 0 Å². The molecule has 3 aromatic carbocycles. The van der Waals surface area contributed by atoms with E-state index in [1.807, 2.05) is 6.92 Å². The summed E-state index contributed by atoms with van der Waals surface area (Å²) in [5, 5.41) is 3.58. The Balaban J connectivity index is 2.12. The van der Waals surface area contributed by atoms with Crippen molar-refractivity contribution in [3.63, 3.8) is 0 Å². The maximum atomic E-state index is 14.2. The summed E-state index contributed by atoms with van der Waals surface area (Å²) in [5.74, 6) is -0.275. The summed E-state index contributed by atoms with van der Waals surface area (Å²) < 4.78 is 39.7. The molecule has 1 atom stereocenters. The number of benzene rings is 3. The molecule has 12 heteroatoms. The van der Waals surface area contributed by atoms with Crippen LogP contribution in [0, 0.1) is 0 Å². The smallest absolute Gasteiger partial charge is 0.264 e. The van der Waals surface area contributed by atoms with E-state index in [-0.39, 0.29) is 35.2 Å². The number of carbonyl (C=O) groups excluding carboxylic acids is 2. The molecule has 0 spiro atoms. The second-order valence-corrected chi connectivity index (χ2v) is 12.0. The van der Waals surface area contributed by atoms with Gasteiger partial charge in [0.1, 0.15) is 12.6 Å². The lowest BCUT2D eigenvalue weighted by Crippen LogP contribution is -2.52. The average molecular weight is 637 g/mol. The van der Waals surface area contributed by atoms with Crippen LogP contribution < -0.4 is 19.1 Å². The lowest BCUT2D eigenvalue weighted by atomic mass is 10.1. The van der Waals surface area contributed by atoms with Gasteiger partial charge in [0.25, 0.3) is 10.0 Å². The number of methoxy groups -OCH3 is 2. The van der Waals surface area contributed by atoms with Crippen molar-refractivity contribution < 1.29 is 27.5 Å². The maximum Gasteiger partial charge on any atom is 0.264 e. The van der Waals surface area contributed by atoms with Gasteiger partial charge in [-0.1, -0.05) is 61.3 Å². The Morgan fingerprint density at radius 3 is 2.21 bits per heavy atom. The summed E-state index contributed by atoms with van der Waals surface area (Å²) in [6.07, 6.45) is 0.996. The first-order valence-corrected chi connectivity index (χ1v) is 15.6. The summed E-state index contributed by atoms with van der Waals surface area (Å²) in [6.45, 7) is 3.49. The second-order valence-electron chi connectivity index (χ2n) is 9.34. The van der Waals surface area contributed by atoms with E-state index in [1.54, 1.807) is 49.4 Å². The number of nitrogens with zero attached hydrogens (tertiary/aromatic N) is 2. The van der Waals surface area contributed by atoms with Gasteiger partial charge in [-0.2, -0.15) is 0 Å². The summed E-state index contributed by atoms with van der Waals surface area (Å²) in [7, 11) is -1.34. The van der Waals surface area contributed by atoms with Gasteiger partial charge in [0.05, 0.1) is 24.8 Å². The summed E-state index contributed by atoms with van der Waals surface area (Å²) in [4.78, 5) is 28.7. The molecular weight excluding hydrogens is 601 g/mol. The van der Waals surface area contributed by atoms with Crippen LogP contribution in [-0.2, 0) is 26.2 Å². The molecule has 0 radical (unpaired) electrons. The zero-order valence-corrected chi connectivity index (χ0v) is 26.3. The highest BCUT2D eigenvalue weighted by molar-refractivity contribution is 7.92. The summed E-state index contributed by atoms with van der Waals surface area (Å²) in [5.41, 5.74) is 0.734. The minimum atomic E-state index is -4.24. The Hall–Kier alpha value is -3.47. The van der Waals surface area contributed by atoms with Crippen LogP contribution in [-0.4, -0.2) is 58.5 Å². The quantitative estimate of drug-likeness (QED) is 0.249. The van der Waals surface area contributed by atoms with Crippen LogP contribution in [0.15, 0.2) is 71.6 Å². The van der Waals surface area contributed by atoms with Crippen LogP contribution in [0.4, 0.5) is 5.69 Å². The predicted molar refractivity (Wildman–Crippen MR) is 165 cm³/mol. The third-order valence-corrected chi connectivity index (χ3v) is 8.93. The first kappa shape index (κ1) is 33.0. The predicted octanol–water partition coefficient (Wildman–Crippen LogP) is 5.54. The SMILES string of the molecule is CCCNC(=O)[C@H](CC)N(Cc1ccc(Cl)cc1Cl)C(=O)CN(c1ccc(OC)c(OC)c1)S(=O)(=O)c1ccccc1. The minimum absolute atomic E-state index is 0.00684. The van der Waals surface area contributed by atoms with Gasteiger partial charge in [-0.15, -0.1) is 0 Å². The minimum Gasteiger partial charge on any atom is -0.493 e. The number of amides is 2. The molecule has 0 unspecified atom stereocenters. The van der Waals surface area contributed by atoms with Gasteiger partial charge in [0.2, 0.25) is 11.8 Å². The van der Waals surface area contributed by atoms with Gasteiger partial charge in [-0.3, -0.25) is 13.9 Å². The van der Waals surface area contributed by atoms with Crippen LogP contribution in [0.5, 0.6) is 11.5 Å². The Labute approximate surface area is 257 Å². The monoisotopic (exact) mass is 635 g/mol. The van der Waals surface area contributed by atoms with Crippen molar-refractivity contribution in [3.05, 3.63) is 82.3 Å². The van der Waals surface area contributed by atoms with Gasteiger partial charge >= 0.3 is 0 Å². The van der Waals surface area contributed by atoms with Crippen molar-refractivity contribution in [2.24, 2.45) is 0 Å². The molecule has 0 aliphatic heterocycles. The molecule has 0 saturated heterocycles. The number of nitrogens with one attached hydrogen (secondary N) is 1. The first-order valence-electron chi connectivity index (χ1n) is 13.4. The van der Waals surface area contributed by atoms with Crippen molar-refractivity contribution >= 4 is 50.7 Å². The summed E-state index contributed by atoms with van der Waals surface area (Å²) >= 11 is 12.5. The molecule has 0 aliphatic rings. The fraction of sp³-hybridized carbons (Fsp3) is 0.333. The van der Waals surface area contributed by atoms with Crippen LogP contribution >= 0.6 is 23.2 Å². The third kappa shape index (κ3) is 7.87. The van der Waals surface area contributed by atoms with E-state index in [0.29, 0.717) is 34.3 Å². The van der Waals surface area contributed by atoms with Crippen LogP contribution in [0.25, 0.3) is 0 Å². The van der Waals surface area contributed by atoms with Crippen molar-refractivity contribution in [2.75, 3.05) is 31.6 Å². The van der Waals surface area contributed by atoms with Gasteiger partial charge in [-0.25, -0.2) is 8.42 Å². The van der Waals surface area contributed by atoms with Crippen LogP contribution in [0.3, 0.4) is 0 Å². The van der Waals surface area contributed by atoms with Gasteiger partial charge in [-0.05, 0) is 54.8 Å². The van der Waals surface area contributed by atoms with Gasteiger partial charge in [0.15, 0.2) is 11.5 Å². The number of rotatable bonds is 14. The number of carbonyl (C=O) groups is 2. The Kier molecular flexibility index (Phi) is 11.9. The molecule has 0 fully saturated rings. The van der Waals surface area contributed by atoms with Crippen molar-refractivity contribution in [1.29, 1.82) is 0 Å². The largest absolute Gasteiger partial charge is 0.493 e. The number of hydrogen-bond acceptors (Lipinski definition) is 6. The van der Waals surface area contributed by atoms with Gasteiger partial charge < -0.3 is 19.7 Å². The van der Waals surface area contributed by atoms with Crippen LogP contribution in [0.2, 0.25) is 10.0 Å². The van der Waals surface area contributed by atoms with Crippen molar-refractivity contribution in [3.8, 4) is 11.5 Å². The molecule has 9 nitrogen and oxygen atoms in total. The molecule has 2 amide bonds. The highest BCUT2D eigenvalue weighted by atomic mass is 35.5. The molecule has 0 bridgehead atoms. The number of hydrogen-bond donors (Lipinski definition) is 1. The molecule has 1 N–H and O–H groups in total. The second kappa shape index (κ2) is 15.1. The molecular formula is C30H35Cl2N3O6S. The van der Waals surface area contributed by atoms with E-state index in [2.05, 4.69) is 5.32 Å². The van der Waals surface area contributed by atoms with E-state index in [9.17, 15) is 18.0 Å². The fourth-order valence-electron chi connectivity index (χ4n) is 4.35. The van der Waals surface area contributed by atoms with E-state index < -0.39 is 28.5 Å². The van der Waals surface area contributed by atoms with Crippen molar-refractivity contribution in [2.45, 2.75) is 44.2 Å². The zero-order valence-electron chi connectivity index (χ0n) is 24.0. The molecule has 0 saturated carbocycles. The highest BCUT2D eigenvalue weighted by Gasteiger charge is 2.34. The lowest BCUT2D eigenvalue weighted by molar-refractivity contribution is -0.140. The standard InChI is InChI=1S/C30H35Cl2N3O6S/c1-5-16-33-30(37)26(6-2)34(19-21-12-13-22(31)17-25(21)32)29(36)20-35(42(38,39)24-10-8-7-9-11-24)23-14-15-27(40-3)28(18-23)41-4/h7-15,17-18,26H,5-6,16,19-20H2,1-4H3,(H,33,37)/t26-/m0/s1. The Morgan fingerprint density at radius 1 is 0.929 bits per heavy atom. The van der Waals surface area contributed by atoms with Crippen LogP contribution in [0.1, 0.15) is 32.3 Å². The van der Waals surface area contributed by atoms with Gasteiger partial charge in [0, 0.05) is 29.2 Å². The fourth-order valence-corrected chi connectivity index (χ4v) is 6.24. The topological polar surface area (TPSA) is 105 Å². The number of halogens is 2. The summed E-state index contributed by atoms with van der Waals surface area (Å²) in [6, 6.07) is 16.3. The molecule has 0 aliphatic carbocycles. The molecule has 42 heavy (non-hydrogen) atoms. The third-order valence-electron chi connectivity index (χ3n) is 6.56.